The molecule has 0 unspecified atom stereocenters. The van der Waals surface area contributed by atoms with Crippen LogP contribution in [0.1, 0.15) is 0 Å². The lowest BCUT2D eigenvalue weighted by Gasteiger charge is -2.09. The van der Waals surface area contributed by atoms with Gasteiger partial charge in [-0.05, 0) is 30.3 Å². The third-order valence-corrected chi connectivity index (χ3v) is 3.02. The number of hydrogen-bond acceptors (Lipinski definition) is 3. The third-order valence-electron chi connectivity index (χ3n) is 2.18. The van der Waals surface area contributed by atoms with Crippen molar-refractivity contribution in [2.24, 2.45) is 0 Å². The largest absolute Gasteiger partial charge is 0.573 e. The van der Waals surface area contributed by atoms with Crippen LogP contribution in [0.2, 0.25) is 0 Å². The second-order valence-electron chi connectivity index (χ2n) is 3.65. The maximum atomic E-state index is 12.0. The molecule has 2 aromatic rings. The molecule has 20 heavy (non-hydrogen) atoms. The van der Waals surface area contributed by atoms with Gasteiger partial charge in [-0.1, -0.05) is 30.0 Å². The van der Waals surface area contributed by atoms with Gasteiger partial charge in [0.25, 0.3) is 0 Å². The van der Waals surface area contributed by atoms with Gasteiger partial charge in [0.2, 0.25) is 0 Å². The SMILES string of the molecule is FC(F)(F)Oc1ccc(SCOc2[c]cccc2)cc1. The molecule has 2 rings (SSSR count). The molecule has 1 radical (unpaired) electrons. The van der Waals surface area contributed by atoms with Gasteiger partial charge in [-0.2, -0.15) is 0 Å². The fourth-order valence-corrected chi connectivity index (χ4v) is 2.02. The molecular weight excluding hydrogens is 289 g/mol. The lowest BCUT2D eigenvalue weighted by atomic mass is 10.3. The van der Waals surface area contributed by atoms with Crippen LogP contribution in [0, 0.1) is 6.07 Å². The van der Waals surface area contributed by atoms with Crippen LogP contribution in [0.5, 0.6) is 11.5 Å². The fraction of sp³-hybridized carbons (Fsp3) is 0.143. The van der Waals surface area contributed by atoms with E-state index in [1.165, 1.54) is 23.9 Å². The minimum atomic E-state index is -4.67. The molecule has 0 aliphatic carbocycles. The van der Waals surface area contributed by atoms with Crippen molar-refractivity contribution in [2.75, 3.05) is 5.94 Å². The number of thioether (sulfide) groups is 1. The van der Waals surface area contributed by atoms with E-state index in [4.69, 9.17) is 4.74 Å². The molecule has 0 aliphatic heterocycles. The molecule has 0 atom stereocenters. The van der Waals surface area contributed by atoms with E-state index in [1.807, 2.05) is 12.1 Å². The summed E-state index contributed by atoms with van der Waals surface area (Å²) in [7, 11) is 0. The lowest BCUT2D eigenvalue weighted by Crippen LogP contribution is -2.16. The van der Waals surface area contributed by atoms with Gasteiger partial charge in [0.05, 0.1) is 0 Å². The van der Waals surface area contributed by atoms with Crippen molar-refractivity contribution in [3.8, 4) is 11.5 Å². The van der Waals surface area contributed by atoms with Crippen molar-refractivity contribution in [2.45, 2.75) is 11.3 Å². The van der Waals surface area contributed by atoms with E-state index in [9.17, 15) is 13.2 Å². The van der Waals surface area contributed by atoms with Crippen molar-refractivity contribution in [3.05, 3.63) is 54.6 Å². The fourth-order valence-electron chi connectivity index (χ4n) is 1.37. The summed E-state index contributed by atoms with van der Waals surface area (Å²) in [6.45, 7) is 0. The van der Waals surface area contributed by atoms with E-state index in [-0.39, 0.29) is 5.75 Å². The Morgan fingerprint density at radius 1 is 1.05 bits per heavy atom. The molecule has 0 aliphatic rings. The summed E-state index contributed by atoms with van der Waals surface area (Å²) in [5.74, 6) is 0.733. The highest BCUT2D eigenvalue weighted by molar-refractivity contribution is 7.99. The number of para-hydroxylation sites is 1. The van der Waals surface area contributed by atoms with E-state index in [0.717, 1.165) is 4.90 Å². The van der Waals surface area contributed by atoms with Crippen LogP contribution < -0.4 is 9.47 Å². The van der Waals surface area contributed by atoms with Crippen LogP contribution in [0.4, 0.5) is 13.2 Å². The summed E-state index contributed by atoms with van der Waals surface area (Å²) < 4.78 is 45.1. The molecule has 0 aromatic heterocycles. The van der Waals surface area contributed by atoms with Gasteiger partial charge in [0.1, 0.15) is 17.4 Å². The minimum absolute atomic E-state index is 0.237. The predicted octanol–water partition coefficient (Wildman–Crippen LogP) is 4.51. The van der Waals surface area contributed by atoms with Gasteiger partial charge in [0, 0.05) is 11.0 Å². The molecular formula is C14H10F3O2S. The van der Waals surface area contributed by atoms with Crippen molar-refractivity contribution in [3.63, 3.8) is 0 Å². The number of alkyl halides is 3. The Labute approximate surface area is 118 Å². The van der Waals surface area contributed by atoms with E-state index in [0.29, 0.717) is 11.7 Å². The third kappa shape index (κ3) is 5.05. The standard InChI is InChI=1S/C14H10F3O2S/c15-14(16,17)19-12-6-8-13(9-7-12)20-10-18-11-4-2-1-3-5-11/h1-4,6-9H,10H2. The monoisotopic (exact) mass is 299 g/mol. The Balaban J connectivity index is 1.82. The molecule has 2 aromatic carbocycles. The molecule has 0 N–H and O–H groups in total. The molecule has 6 heteroatoms. The summed E-state index contributed by atoms with van der Waals surface area (Å²) in [6.07, 6.45) is -4.67. The Hall–Kier alpha value is -1.82. The Kier molecular flexibility index (Phi) is 4.79. The van der Waals surface area contributed by atoms with Crippen LogP contribution in [0.15, 0.2) is 53.4 Å². The Bertz CT molecular complexity index is 526. The molecule has 0 spiro atoms. The van der Waals surface area contributed by atoms with E-state index < -0.39 is 6.36 Å². The van der Waals surface area contributed by atoms with Crippen LogP contribution in [0.25, 0.3) is 0 Å². The van der Waals surface area contributed by atoms with Crippen molar-refractivity contribution in [1.82, 2.24) is 0 Å². The smallest absolute Gasteiger partial charge is 0.482 e. The van der Waals surface area contributed by atoms with Gasteiger partial charge in [-0.25, -0.2) is 0 Å². The average molecular weight is 299 g/mol. The van der Waals surface area contributed by atoms with Gasteiger partial charge >= 0.3 is 6.36 Å². The maximum Gasteiger partial charge on any atom is 0.573 e. The van der Waals surface area contributed by atoms with E-state index in [2.05, 4.69) is 10.8 Å². The second-order valence-corrected chi connectivity index (χ2v) is 4.65. The topological polar surface area (TPSA) is 18.5 Å². The molecule has 105 valence electrons. The summed E-state index contributed by atoms with van der Waals surface area (Å²) in [4.78, 5) is 0.787. The molecule has 2 nitrogen and oxygen atoms in total. The first-order valence-corrected chi connectivity index (χ1v) is 6.60. The molecule has 0 bridgehead atoms. The highest BCUT2D eigenvalue weighted by Gasteiger charge is 2.30. The summed E-state index contributed by atoms with van der Waals surface area (Å²) in [6, 6.07) is 15.7. The first kappa shape index (κ1) is 14.6. The summed E-state index contributed by atoms with van der Waals surface area (Å²) in [5.41, 5.74) is 0. The second kappa shape index (κ2) is 6.56. The van der Waals surface area contributed by atoms with E-state index >= 15 is 0 Å². The maximum absolute atomic E-state index is 12.0. The highest BCUT2D eigenvalue weighted by atomic mass is 32.2. The molecule has 0 saturated heterocycles. The van der Waals surface area contributed by atoms with Gasteiger partial charge < -0.3 is 9.47 Å². The number of halogens is 3. The quantitative estimate of drug-likeness (QED) is 0.597. The Morgan fingerprint density at radius 3 is 2.40 bits per heavy atom. The molecule has 0 heterocycles. The summed E-state index contributed by atoms with van der Waals surface area (Å²) >= 11 is 1.36. The lowest BCUT2D eigenvalue weighted by molar-refractivity contribution is -0.274. The molecule has 0 fully saturated rings. The minimum Gasteiger partial charge on any atom is -0.482 e. The van der Waals surface area contributed by atoms with Gasteiger partial charge in [-0.15, -0.1) is 13.2 Å². The van der Waals surface area contributed by atoms with Crippen LogP contribution in [-0.4, -0.2) is 12.3 Å². The predicted molar refractivity (Wildman–Crippen MR) is 69.8 cm³/mol. The zero-order chi connectivity index (χ0) is 14.4. The van der Waals surface area contributed by atoms with Crippen molar-refractivity contribution in [1.29, 1.82) is 0 Å². The first-order valence-electron chi connectivity index (χ1n) is 5.61. The Morgan fingerprint density at radius 2 is 1.80 bits per heavy atom. The van der Waals surface area contributed by atoms with Crippen LogP contribution in [-0.2, 0) is 0 Å². The van der Waals surface area contributed by atoms with Crippen LogP contribution >= 0.6 is 11.8 Å². The van der Waals surface area contributed by atoms with E-state index in [1.54, 1.807) is 24.3 Å². The number of ether oxygens (including phenoxy) is 2. The zero-order valence-electron chi connectivity index (χ0n) is 10.2. The van der Waals surface area contributed by atoms with Crippen molar-refractivity contribution < 1.29 is 22.6 Å². The number of hydrogen-bond donors (Lipinski definition) is 0. The normalized spacial score (nSPS) is 11.2. The molecule has 0 saturated carbocycles. The number of benzene rings is 2. The van der Waals surface area contributed by atoms with Gasteiger partial charge in [0.15, 0.2) is 0 Å². The zero-order valence-corrected chi connectivity index (χ0v) is 11.0. The average Bonchev–Trinajstić information content (AvgIpc) is 2.40. The first-order chi connectivity index (χ1) is 9.53. The van der Waals surface area contributed by atoms with Crippen LogP contribution in [0.3, 0.4) is 0 Å². The molecule has 0 amide bonds. The van der Waals surface area contributed by atoms with Gasteiger partial charge in [-0.3, -0.25) is 0 Å². The number of rotatable bonds is 5. The highest BCUT2D eigenvalue weighted by Crippen LogP contribution is 2.26. The van der Waals surface area contributed by atoms with Crippen molar-refractivity contribution >= 4 is 11.8 Å². The summed E-state index contributed by atoms with van der Waals surface area (Å²) in [5, 5.41) is 0.